The van der Waals surface area contributed by atoms with Gasteiger partial charge in [0, 0.05) is 18.4 Å². The summed E-state index contributed by atoms with van der Waals surface area (Å²) < 4.78 is 6.71. The van der Waals surface area contributed by atoms with E-state index in [0.29, 0.717) is 40.3 Å². The van der Waals surface area contributed by atoms with Crippen molar-refractivity contribution >= 4 is 28.9 Å². The van der Waals surface area contributed by atoms with Crippen LogP contribution in [-0.2, 0) is 6.54 Å². The van der Waals surface area contributed by atoms with Crippen molar-refractivity contribution in [1.29, 1.82) is 0 Å². The molecule has 5 aromatic rings. The zero-order chi connectivity index (χ0) is 25.8. The molecule has 11 heteroatoms. The first-order valence-electron chi connectivity index (χ1n) is 11.4. The fraction of sp³-hybridized carbons (Fsp3) is 0.115. The number of carbonyl (C=O) groups is 1. The molecule has 0 aliphatic rings. The van der Waals surface area contributed by atoms with Gasteiger partial charge in [0.15, 0.2) is 0 Å². The van der Waals surface area contributed by atoms with Crippen LogP contribution in [0.4, 0.5) is 11.6 Å². The van der Waals surface area contributed by atoms with Gasteiger partial charge in [-0.15, -0.1) is 11.3 Å². The summed E-state index contributed by atoms with van der Waals surface area (Å²) in [5.74, 6) is 1.54. The Kier molecular flexibility index (Phi) is 6.77. The number of aromatic amines is 1. The van der Waals surface area contributed by atoms with Crippen LogP contribution >= 0.6 is 11.3 Å². The van der Waals surface area contributed by atoms with Gasteiger partial charge in [-0.1, -0.05) is 18.2 Å². The lowest BCUT2D eigenvalue weighted by molar-refractivity contribution is 0.0955. The van der Waals surface area contributed by atoms with E-state index in [1.165, 1.54) is 15.9 Å². The van der Waals surface area contributed by atoms with E-state index in [2.05, 4.69) is 30.8 Å². The molecule has 186 valence electrons. The van der Waals surface area contributed by atoms with Gasteiger partial charge in [-0.05, 0) is 61.0 Å². The molecule has 0 spiro atoms. The van der Waals surface area contributed by atoms with Crippen molar-refractivity contribution in [2.24, 2.45) is 0 Å². The molecule has 3 N–H and O–H groups in total. The zero-order valence-corrected chi connectivity index (χ0v) is 20.9. The van der Waals surface area contributed by atoms with Gasteiger partial charge >= 0.3 is 5.69 Å². The molecule has 0 bridgehead atoms. The Balaban J connectivity index is 1.28. The Labute approximate surface area is 216 Å². The highest BCUT2D eigenvalue weighted by molar-refractivity contribution is 7.17. The Hall–Kier alpha value is -4.77. The van der Waals surface area contributed by atoms with E-state index >= 15 is 0 Å². The number of amides is 1. The van der Waals surface area contributed by atoms with Crippen molar-refractivity contribution in [2.45, 2.75) is 13.5 Å². The second-order valence-corrected chi connectivity index (χ2v) is 9.13. The minimum atomic E-state index is -0.311. The first kappa shape index (κ1) is 23.9. The lowest BCUT2D eigenvalue weighted by Crippen LogP contribution is -2.21. The molecule has 37 heavy (non-hydrogen) atoms. The highest BCUT2D eigenvalue weighted by Gasteiger charge is 2.13. The number of hydrogen-bond donors (Lipinski definition) is 3. The number of nitrogens with one attached hydrogen (secondary N) is 3. The fourth-order valence-electron chi connectivity index (χ4n) is 3.74. The SMILES string of the molecule is COc1cccc(CNC(=O)c2ccc(-c3ccnc(Nc4cccc(-n5c(C)n[nH]c5=O)c4)n3)s2)c1. The molecule has 5 rings (SSSR count). The van der Waals surface area contributed by atoms with Crippen LogP contribution in [-0.4, -0.2) is 37.7 Å². The quantitative estimate of drug-likeness (QED) is 0.285. The molecule has 2 aromatic carbocycles. The first-order chi connectivity index (χ1) is 18.0. The van der Waals surface area contributed by atoms with E-state index < -0.39 is 0 Å². The second-order valence-electron chi connectivity index (χ2n) is 8.05. The molecule has 0 saturated heterocycles. The summed E-state index contributed by atoms with van der Waals surface area (Å²) in [6.45, 7) is 2.15. The van der Waals surface area contributed by atoms with Crippen LogP contribution in [0.5, 0.6) is 5.75 Å². The normalized spacial score (nSPS) is 10.8. The standard InChI is InChI=1S/C26H23N7O3S/c1-16-31-32-26(35)33(16)19-7-4-6-18(14-19)29-25-27-12-11-21(30-25)22-9-10-23(37-22)24(34)28-15-17-5-3-8-20(13-17)36-2/h3-14H,15H2,1-2H3,(H,28,34)(H,32,35)(H,27,29,30). The van der Waals surface area contributed by atoms with E-state index in [4.69, 9.17) is 4.74 Å². The summed E-state index contributed by atoms with van der Waals surface area (Å²) in [6, 6.07) is 20.3. The number of anilines is 2. The molecule has 1 amide bonds. The Bertz CT molecular complexity index is 1620. The van der Waals surface area contributed by atoms with Gasteiger partial charge in [0.1, 0.15) is 11.6 Å². The van der Waals surface area contributed by atoms with Crippen molar-refractivity contribution in [3.63, 3.8) is 0 Å². The molecular formula is C26H23N7O3S. The van der Waals surface area contributed by atoms with E-state index in [1.807, 2.05) is 54.6 Å². The fourth-order valence-corrected chi connectivity index (χ4v) is 4.63. The van der Waals surface area contributed by atoms with Crippen LogP contribution < -0.4 is 21.1 Å². The van der Waals surface area contributed by atoms with E-state index in [1.54, 1.807) is 32.4 Å². The maximum absolute atomic E-state index is 12.7. The average Bonchev–Trinajstić information content (AvgIpc) is 3.54. The van der Waals surface area contributed by atoms with Gasteiger partial charge in [0.25, 0.3) is 5.91 Å². The average molecular weight is 514 g/mol. The van der Waals surface area contributed by atoms with Gasteiger partial charge in [-0.2, -0.15) is 5.10 Å². The van der Waals surface area contributed by atoms with Gasteiger partial charge in [0.05, 0.1) is 28.2 Å². The number of benzene rings is 2. The number of H-pyrrole nitrogens is 1. The molecule has 0 atom stereocenters. The van der Waals surface area contributed by atoms with Crippen molar-refractivity contribution in [3.8, 4) is 22.0 Å². The third kappa shape index (κ3) is 5.41. The number of methoxy groups -OCH3 is 1. The molecule has 0 saturated carbocycles. The Morgan fingerprint density at radius 2 is 1.97 bits per heavy atom. The van der Waals surface area contributed by atoms with Crippen LogP contribution in [0.25, 0.3) is 16.3 Å². The van der Waals surface area contributed by atoms with Crippen molar-refractivity contribution in [1.82, 2.24) is 30.0 Å². The van der Waals surface area contributed by atoms with Crippen molar-refractivity contribution in [2.75, 3.05) is 12.4 Å². The van der Waals surface area contributed by atoms with Gasteiger partial charge in [-0.3, -0.25) is 4.79 Å². The van der Waals surface area contributed by atoms with Crippen LogP contribution in [0.3, 0.4) is 0 Å². The molecule has 0 aliphatic carbocycles. The predicted octanol–water partition coefficient (Wildman–Crippen LogP) is 4.07. The largest absolute Gasteiger partial charge is 0.497 e. The number of aryl methyl sites for hydroxylation is 1. The smallest absolute Gasteiger partial charge is 0.347 e. The minimum absolute atomic E-state index is 0.159. The van der Waals surface area contributed by atoms with Gasteiger partial charge < -0.3 is 15.4 Å². The molecule has 0 unspecified atom stereocenters. The third-order valence-electron chi connectivity index (χ3n) is 5.53. The summed E-state index contributed by atoms with van der Waals surface area (Å²) in [5, 5.41) is 12.5. The van der Waals surface area contributed by atoms with Crippen LogP contribution in [0.2, 0.25) is 0 Å². The molecular weight excluding hydrogens is 490 g/mol. The molecule has 0 radical (unpaired) electrons. The topological polar surface area (TPSA) is 127 Å². The third-order valence-corrected chi connectivity index (χ3v) is 6.63. The highest BCUT2D eigenvalue weighted by atomic mass is 32.1. The Morgan fingerprint density at radius 3 is 2.78 bits per heavy atom. The molecule has 10 nitrogen and oxygen atoms in total. The molecule has 0 fully saturated rings. The Morgan fingerprint density at radius 1 is 1.11 bits per heavy atom. The number of rotatable bonds is 8. The number of aromatic nitrogens is 5. The van der Waals surface area contributed by atoms with Gasteiger partial charge in [0.2, 0.25) is 5.95 Å². The number of nitrogens with zero attached hydrogens (tertiary/aromatic N) is 4. The number of carbonyl (C=O) groups excluding carboxylic acids is 1. The zero-order valence-electron chi connectivity index (χ0n) is 20.1. The summed E-state index contributed by atoms with van der Waals surface area (Å²) in [6.07, 6.45) is 1.65. The number of ether oxygens (including phenoxy) is 1. The molecule has 3 heterocycles. The monoisotopic (exact) mass is 513 g/mol. The van der Waals surface area contributed by atoms with E-state index in [0.717, 1.165) is 16.2 Å². The van der Waals surface area contributed by atoms with Crippen molar-refractivity contribution in [3.05, 3.63) is 99.7 Å². The summed E-state index contributed by atoms with van der Waals surface area (Å²) in [4.78, 5) is 35.1. The van der Waals surface area contributed by atoms with Crippen LogP contribution in [0.1, 0.15) is 21.1 Å². The summed E-state index contributed by atoms with van der Waals surface area (Å²) >= 11 is 1.35. The van der Waals surface area contributed by atoms with E-state index in [9.17, 15) is 9.59 Å². The predicted molar refractivity (Wildman–Crippen MR) is 142 cm³/mol. The number of hydrogen-bond acceptors (Lipinski definition) is 8. The van der Waals surface area contributed by atoms with Crippen LogP contribution in [0.15, 0.2) is 77.7 Å². The lowest BCUT2D eigenvalue weighted by Gasteiger charge is -2.08. The van der Waals surface area contributed by atoms with Crippen LogP contribution in [0, 0.1) is 6.92 Å². The lowest BCUT2D eigenvalue weighted by atomic mass is 10.2. The first-order valence-corrected chi connectivity index (χ1v) is 12.2. The maximum atomic E-state index is 12.7. The maximum Gasteiger partial charge on any atom is 0.347 e. The highest BCUT2D eigenvalue weighted by Crippen LogP contribution is 2.28. The summed E-state index contributed by atoms with van der Waals surface area (Å²) in [5.41, 5.74) is 2.71. The molecule has 0 aliphatic heterocycles. The van der Waals surface area contributed by atoms with Crippen molar-refractivity contribution < 1.29 is 9.53 Å². The number of thiophene rings is 1. The summed E-state index contributed by atoms with van der Waals surface area (Å²) in [7, 11) is 1.61. The van der Waals surface area contributed by atoms with Gasteiger partial charge in [-0.25, -0.2) is 24.4 Å². The van der Waals surface area contributed by atoms with E-state index in [-0.39, 0.29) is 11.6 Å². The molecule has 3 aromatic heterocycles. The second kappa shape index (κ2) is 10.5. The minimum Gasteiger partial charge on any atom is -0.497 e.